The molecule has 7 heteroatoms. The molecule has 1 aliphatic heterocycles. The minimum absolute atomic E-state index is 0.261. The maximum Gasteiger partial charge on any atom is 0.415 e. The molecule has 1 atom stereocenters. The third kappa shape index (κ3) is 2.11. The van der Waals surface area contributed by atoms with E-state index in [0.29, 0.717) is 11.5 Å². The summed E-state index contributed by atoms with van der Waals surface area (Å²) in [6, 6.07) is -0.658. The van der Waals surface area contributed by atoms with Crippen LogP contribution in [0.15, 0.2) is 12.5 Å². The quantitative estimate of drug-likeness (QED) is 0.808. The Bertz CT molecular complexity index is 489. The van der Waals surface area contributed by atoms with Crippen LogP contribution in [0.4, 0.5) is 16.3 Å². The average molecular weight is 250 g/mol. The Kier molecular flexibility index (Phi) is 3.14. The smallest absolute Gasteiger partial charge is 0.415 e. The predicted octanol–water partition coefficient (Wildman–Crippen LogP) is 1.17. The molecule has 0 radical (unpaired) electrons. The highest BCUT2D eigenvalue weighted by molar-refractivity contribution is 6.09. The molecule has 18 heavy (non-hydrogen) atoms. The van der Waals surface area contributed by atoms with Gasteiger partial charge in [-0.1, -0.05) is 0 Å². The third-order valence-corrected chi connectivity index (χ3v) is 2.49. The zero-order valence-electron chi connectivity index (χ0n) is 10.4. The van der Waals surface area contributed by atoms with Crippen molar-refractivity contribution in [3.8, 4) is 0 Å². The highest BCUT2D eigenvalue weighted by Gasteiger charge is 2.36. The minimum Gasteiger partial charge on any atom is -0.446 e. The van der Waals surface area contributed by atoms with E-state index in [9.17, 15) is 9.59 Å². The van der Waals surface area contributed by atoms with Crippen molar-refractivity contribution in [2.24, 2.45) is 0 Å². The van der Waals surface area contributed by atoms with Crippen LogP contribution in [-0.2, 0) is 9.53 Å². The first-order valence-corrected chi connectivity index (χ1v) is 5.61. The van der Waals surface area contributed by atoms with E-state index in [1.54, 1.807) is 20.8 Å². The fourth-order valence-electron chi connectivity index (χ4n) is 1.66. The van der Waals surface area contributed by atoms with Crippen molar-refractivity contribution >= 4 is 23.5 Å². The van der Waals surface area contributed by atoms with Gasteiger partial charge in [0.15, 0.2) is 5.82 Å². The Morgan fingerprint density at radius 2 is 2.28 bits per heavy atom. The number of carbonyl (C=O) groups is 2. The molecule has 2 rings (SSSR count). The van der Waals surface area contributed by atoms with Crippen LogP contribution in [0.3, 0.4) is 0 Å². The van der Waals surface area contributed by atoms with Crippen molar-refractivity contribution in [1.82, 2.24) is 9.97 Å². The third-order valence-electron chi connectivity index (χ3n) is 2.49. The SMILES string of the molecule is CC(C)OC(=O)N1c2cncnc2NC(=O)C1C. The molecule has 0 aliphatic carbocycles. The van der Waals surface area contributed by atoms with Crippen LogP contribution < -0.4 is 10.2 Å². The molecule has 1 aromatic heterocycles. The molecule has 1 N–H and O–H groups in total. The van der Waals surface area contributed by atoms with Crippen molar-refractivity contribution in [3.05, 3.63) is 12.5 Å². The summed E-state index contributed by atoms with van der Waals surface area (Å²) in [4.78, 5) is 32.8. The van der Waals surface area contributed by atoms with Crippen molar-refractivity contribution in [3.63, 3.8) is 0 Å². The lowest BCUT2D eigenvalue weighted by molar-refractivity contribution is -0.117. The molecule has 2 amide bonds. The summed E-state index contributed by atoms with van der Waals surface area (Å²) < 4.78 is 5.12. The number of carbonyl (C=O) groups excluding carboxylic acids is 2. The lowest BCUT2D eigenvalue weighted by Gasteiger charge is -2.32. The molecule has 96 valence electrons. The second-order valence-corrected chi connectivity index (χ2v) is 4.22. The second kappa shape index (κ2) is 4.59. The van der Waals surface area contributed by atoms with Crippen LogP contribution in [-0.4, -0.2) is 34.1 Å². The van der Waals surface area contributed by atoms with Crippen molar-refractivity contribution in [2.75, 3.05) is 10.2 Å². The molecule has 0 saturated heterocycles. The highest BCUT2D eigenvalue weighted by Crippen LogP contribution is 2.29. The first-order valence-electron chi connectivity index (χ1n) is 5.61. The van der Waals surface area contributed by atoms with Crippen LogP contribution in [0.25, 0.3) is 0 Å². The summed E-state index contributed by atoms with van der Waals surface area (Å²) in [5.41, 5.74) is 0.440. The van der Waals surface area contributed by atoms with Gasteiger partial charge in [0.2, 0.25) is 5.91 Å². The molecule has 0 bridgehead atoms. The summed E-state index contributed by atoms with van der Waals surface area (Å²) in [7, 11) is 0. The lowest BCUT2D eigenvalue weighted by atomic mass is 10.2. The molecular formula is C11H14N4O3. The van der Waals surface area contributed by atoms with E-state index >= 15 is 0 Å². The number of anilines is 2. The standard InChI is InChI=1S/C11H14N4O3/c1-6(2)18-11(17)15-7(3)10(16)14-9-8(15)4-12-5-13-9/h4-7H,1-3H3,(H,12,13,14,16). The number of hydrogen-bond acceptors (Lipinski definition) is 5. The molecule has 2 heterocycles. The van der Waals surface area contributed by atoms with Gasteiger partial charge in [0.05, 0.1) is 12.3 Å². The van der Waals surface area contributed by atoms with E-state index in [-0.39, 0.29) is 12.0 Å². The van der Waals surface area contributed by atoms with Gasteiger partial charge in [0.25, 0.3) is 0 Å². The van der Waals surface area contributed by atoms with Gasteiger partial charge in [-0.2, -0.15) is 0 Å². The number of nitrogens with zero attached hydrogens (tertiary/aromatic N) is 3. The van der Waals surface area contributed by atoms with Gasteiger partial charge in [-0.25, -0.2) is 14.8 Å². The number of hydrogen-bond donors (Lipinski definition) is 1. The molecule has 7 nitrogen and oxygen atoms in total. The van der Waals surface area contributed by atoms with Gasteiger partial charge in [-0.15, -0.1) is 0 Å². The largest absolute Gasteiger partial charge is 0.446 e. The first kappa shape index (κ1) is 12.3. The van der Waals surface area contributed by atoms with E-state index in [1.807, 2.05) is 0 Å². The summed E-state index contributed by atoms with van der Waals surface area (Å²) in [6.07, 6.45) is 1.94. The van der Waals surface area contributed by atoms with Gasteiger partial charge in [0, 0.05) is 0 Å². The van der Waals surface area contributed by atoms with E-state index in [0.717, 1.165) is 0 Å². The zero-order valence-corrected chi connectivity index (χ0v) is 10.4. The fourth-order valence-corrected chi connectivity index (χ4v) is 1.66. The van der Waals surface area contributed by atoms with Crippen LogP contribution >= 0.6 is 0 Å². The molecular weight excluding hydrogens is 236 g/mol. The topological polar surface area (TPSA) is 84.4 Å². The molecule has 0 fully saturated rings. The van der Waals surface area contributed by atoms with Crippen LogP contribution in [0.1, 0.15) is 20.8 Å². The van der Waals surface area contributed by atoms with Crippen LogP contribution in [0.2, 0.25) is 0 Å². The van der Waals surface area contributed by atoms with Crippen LogP contribution in [0, 0.1) is 0 Å². The Balaban J connectivity index is 2.38. The number of fused-ring (bicyclic) bond motifs is 1. The fraction of sp³-hybridized carbons (Fsp3) is 0.455. The molecule has 1 aromatic rings. The van der Waals surface area contributed by atoms with E-state index in [1.165, 1.54) is 17.4 Å². The number of amides is 2. The van der Waals surface area contributed by atoms with Gasteiger partial charge in [-0.05, 0) is 20.8 Å². The Morgan fingerprint density at radius 3 is 2.94 bits per heavy atom. The molecule has 0 saturated carbocycles. The molecule has 0 aromatic carbocycles. The summed E-state index contributed by atoms with van der Waals surface area (Å²) in [6.45, 7) is 5.11. The molecule has 1 aliphatic rings. The normalized spacial score (nSPS) is 18.3. The maximum atomic E-state index is 12.0. The van der Waals surface area contributed by atoms with Gasteiger partial charge in [-0.3, -0.25) is 9.69 Å². The Hall–Kier alpha value is -2.18. The predicted molar refractivity (Wildman–Crippen MR) is 64.2 cm³/mol. The van der Waals surface area contributed by atoms with Gasteiger partial charge < -0.3 is 10.1 Å². The number of nitrogens with one attached hydrogen (secondary N) is 1. The number of ether oxygens (including phenoxy) is 1. The summed E-state index contributed by atoms with van der Waals surface area (Å²) in [5.74, 6) is 0.00992. The van der Waals surface area contributed by atoms with Crippen molar-refractivity contribution in [1.29, 1.82) is 0 Å². The number of aromatic nitrogens is 2. The van der Waals surface area contributed by atoms with Crippen molar-refractivity contribution < 1.29 is 14.3 Å². The summed E-state index contributed by atoms with van der Waals surface area (Å²) >= 11 is 0. The first-order chi connectivity index (χ1) is 8.50. The van der Waals surface area contributed by atoms with Crippen LogP contribution in [0.5, 0.6) is 0 Å². The van der Waals surface area contributed by atoms with E-state index in [2.05, 4.69) is 15.3 Å². The Morgan fingerprint density at radius 1 is 1.56 bits per heavy atom. The Labute approximate surface area is 104 Å². The van der Waals surface area contributed by atoms with E-state index < -0.39 is 12.1 Å². The minimum atomic E-state index is -0.658. The molecule has 0 spiro atoms. The molecule has 1 unspecified atom stereocenters. The lowest BCUT2D eigenvalue weighted by Crippen LogP contribution is -2.50. The van der Waals surface area contributed by atoms with Crippen molar-refractivity contribution in [2.45, 2.75) is 32.9 Å². The monoisotopic (exact) mass is 250 g/mol. The maximum absolute atomic E-state index is 12.0. The van der Waals surface area contributed by atoms with Gasteiger partial charge >= 0.3 is 6.09 Å². The number of rotatable bonds is 1. The zero-order chi connectivity index (χ0) is 13.3. The van der Waals surface area contributed by atoms with E-state index in [4.69, 9.17) is 4.74 Å². The average Bonchev–Trinajstić information content (AvgIpc) is 2.29. The van der Waals surface area contributed by atoms with Gasteiger partial charge in [0.1, 0.15) is 18.1 Å². The summed E-state index contributed by atoms with van der Waals surface area (Å²) in [5, 5.41) is 2.61. The second-order valence-electron chi connectivity index (χ2n) is 4.22. The highest BCUT2D eigenvalue weighted by atomic mass is 16.6.